The fourth-order valence-electron chi connectivity index (χ4n) is 0.867. The number of hydrogen-bond acceptors (Lipinski definition) is 2. The van der Waals surface area contributed by atoms with Crippen molar-refractivity contribution in [2.45, 2.75) is 6.54 Å². The molecule has 0 spiro atoms. The van der Waals surface area contributed by atoms with Crippen molar-refractivity contribution >= 4 is 0 Å². The van der Waals surface area contributed by atoms with Gasteiger partial charge in [-0.1, -0.05) is 6.08 Å². The molecule has 0 saturated heterocycles. The summed E-state index contributed by atoms with van der Waals surface area (Å²) < 4.78 is 1.48. The van der Waals surface area contributed by atoms with Crippen molar-refractivity contribution in [3.05, 3.63) is 46.9 Å². The van der Waals surface area contributed by atoms with Crippen LogP contribution in [0.25, 0.3) is 0 Å². The highest BCUT2D eigenvalue weighted by atomic mass is 16.1. The topological polar surface area (TPSA) is 45.8 Å². The SMILES string of the molecule is C=CCn1ccc(C#N)cc1=O. The highest BCUT2D eigenvalue weighted by molar-refractivity contribution is 5.25. The lowest BCUT2D eigenvalue weighted by Gasteiger charge is -1.99. The third-order valence-electron chi connectivity index (χ3n) is 1.45. The molecule has 0 aliphatic carbocycles. The summed E-state index contributed by atoms with van der Waals surface area (Å²) in [5.41, 5.74) is 0.217. The maximum atomic E-state index is 11.2. The molecule has 0 bridgehead atoms. The minimum atomic E-state index is -0.172. The predicted molar refractivity (Wildman–Crippen MR) is 45.6 cm³/mol. The van der Waals surface area contributed by atoms with Gasteiger partial charge in [0.25, 0.3) is 5.56 Å². The molecule has 1 aromatic heterocycles. The Morgan fingerprint density at radius 3 is 3.00 bits per heavy atom. The average molecular weight is 160 g/mol. The molecule has 3 heteroatoms. The molecule has 0 fully saturated rings. The average Bonchev–Trinajstić information content (AvgIpc) is 2.09. The molecule has 0 saturated carbocycles. The van der Waals surface area contributed by atoms with E-state index in [1.165, 1.54) is 10.6 Å². The van der Waals surface area contributed by atoms with E-state index in [1.807, 2.05) is 6.07 Å². The van der Waals surface area contributed by atoms with Crippen LogP contribution in [0.3, 0.4) is 0 Å². The van der Waals surface area contributed by atoms with E-state index >= 15 is 0 Å². The van der Waals surface area contributed by atoms with Gasteiger partial charge in [-0.25, -0.2) is 0 Å². The minimum Gasteiger partial charge on any atom is -0.312 e. The van der Waals surface area contributed by atoms with Gasteiger partial charge in [-0.3, -0.25) is 4.79 Å². The summed E-state index contributed by atoms with van der Waals surface area (Å²) in [5.74, 6) is 0. The molecule has 0 atom stereocenters. The van der Waals surface area contributed by atoms with Gasteiger partial charge in [-0.2, -0.15) is 5.26 Å². The summed E-state index contributed by atoms with van der Waals surface area (Å²) in [7, 11) is 0. The lowest BCUT2D eigenvalue weighted by Crippen LogP contribution is -2.17. The van der Waals surface area contributed by atoms with E-state index in [1.54, 1.807) is 18.3 Å². The Morgan fingerprint density at radius 2 is 2.50 bits per heavy atom. The fourth-order valence-corrected chi connectivity index (χ4v) is 0.867. The number of allylic oxidation sites excluding steroid dienone is 1. The molecule has 3 nitrogen and oxygen atoms in total. The molecule has 0 aromatic carbocycles. The van der Waals surface area contributed by atoms with Gasteiger partial charge in [0.1, 0.15) is 0 Å². The molecule has 1 rings (SSSR count). The molecule has 0 amide bonds. The second kappa shape index (κ2) is 3.54. The van der Waals surface area contributed by atoms with Gasteiger partial charge in [0, 0.05) is 18.8 Å². The number of nitriles is 1. The molecular formula is C9H8N2O. The second-order valence-corrected chi connectivity index (χ2v) is 2.31. The Balaban J connectivity index is 3.14. The van der Waals surface area contributed by atoms with Gasteiger partial charge < -0.3 is 4.57 Å². The highest BCUT2D eigenvalue weighted by Crippen LogP contribution is 1.91. The van der Waals surface area contributed by atoms with Gasteiger partial charge in [-0.05, 0) is 6.07 Å². The predicted octanol–water partition coefficient (Wildman–Crippen LogP) is 0.906. The van der Waals surface area contributed by atoms with E-state index in [4.69, 9.17) is 5.26 Å². The van der Waals surface area contributed by atoms with E-state index in [0.29, 0.717) is 12.1 Å². The minimum absolute atomic E-state index is 0.172. The number of rotatable bonds is 2. The monoisotopic (exact) mass is 160 g/mol. The highest BCUT2D eigenvalue weighted by Gasteiger charge is 1.94. The lowest BCUT2D eigenvalue weighted by molar-refractivity contribution is 0.779. The van der Waals surface area contributed by atoms with Crippen LogP contribution < -0.4 is 5.56 Å². The van der Waals surface area contributed by atoms with Crippen LogP contribution in [-0.2, 0) is 6.54 Å². The zero-order chi connectivity index (χ0) is 8.97. The number of aromatic nitrogens is 1. The maximum Gasteiger partial charge on any atom is 0.252 e. The third-order valence-corrected chi connectivity index (χ3v) is 1.45. The first-order valence-corrected chi connectivity index (χ1v) is 3.49. The summed E-state index contributed by atoms with van der Waals surface area (Å²) >= 11 is 0. The van der Waals surface area contributed by atoms with Gasteiger partial charge in [-0.15, -0.1) is 6.58 Å². The number of nitrogens with zero attached hydrogens (tertiary/aromatic N) is 2. The normalized spacial score (nSPS) is 8.92. The number of hydrogen-bond donors (Lipinski definition) is 0. The van der Waals surface area contributed by atoms with Crippen molar-refractivity contribution in [2.75, 3.05) is 0 Å². The van der Waals surface area contributed by atoms with E-state index in [0.717, 1.165) is 0 Å². The van der Waals surface area contributed by atoms with Crippen LogP contribution in [0.4, 0.5) is 0 Å². The van der Waals surface area contributed by atoms with Gasteiger partial charge in [0.2, 0.25) is 0 Å². The maximum absolute atomic E-state index is 11.2. The largest absolute Gasteiger partial charge is 0.312 e. The summed E-state index contributed by atoms with van der Waals surface area (Å²) in [4.78, 5) is 11.2. The van der Waals surface area contributed by atoms with Crippen molar-refractivity contribution in [1.29, 1.82) is 5.26 Å². The summed E-state index contributed by atoms with van der Waals surface area (Å²) in [6, 6.07) is 4.81. The summed E-state index contributed by atoms with van der Waals surface area (Å²) in [6.45, 7) is 3.99. The summed E-state index contributed by atoms with van der Waals surface area (Å²) in [6.07, 6.45) is 3.22. The van der Waals surface area contributed by atoms with Crippen LogP contribution in [-0.4, -0.2) is 4.57 Å². The molecule has 12 heavy (non-hydrogen) atoms. The van der Waals surface area contributed by atoms with Crippen molar-refractivity contribution < 1.29 is 0 Å². The Bertz CT molecular complexity index is 384. The van der Waals surface area contributed by atoms with Gasteiger partial charge in [0.15, 0.2) is 0 Å². The van der Waals surface area contributed by atoms with Crippen molar-refractivity contribution in [2.24, 2.45) is 0 Å². The molecule has 1 aromatic rings. The first-order chi connectivity index (χ1) is 5.77. The smallest absolute Gasteiger partial charge is 0.252 e. The standard InChI is InChI=1S/C9H8N2O/c1-2-4-11-5-3-8(7-10)6-9(11)12/h2-3,5-6H,1,4H2. The molecule has 0 N–H and O–H groups in total. The van der Waals surface area contributed by atoms with Crippen LogP contribution in [0.1, 0.15) is 5.56 Å². The second-order valence-electron chi connectivity index (χ2n) is 2.31. The Morgan fingerprint density at radius 1 is 1.75 bits per heavy atom. The van der Waals surface area contributed by atoms with Crippen LogP contribution in [0.2, 0.25) is 0 Å². The molecular weight excluding hydrogens is 152 g/mol. The molecule has 0 unspecified atom stereocenters. The van der Waals surface area contributed by atoms with Crippen LogP contribution >= 0.6 is 0 Å². The van der Waals surface area contributed by atoms with Crippen LogP contribution in [0.5, 0.6) is 0 Å². The van der Waals surface area contributed by atoms with Crippen LogP contribution in [0, 0.1) is 11.3 Å². The van der Waals surface area contributed by atoms with Crippen molar-refractivity contribution in [3.8, 4) is 6.07 Å². The molecule has 0 aliphatic heterocycles. The first kappa shape index (κ1) is 8.28. The third kappa shape index (κ3) is 1.61. The quantitative estimate of drug-likeness (QED) is 0.603. The van der Waals surface area contributed by atoms with E-state index in [-0.39, 0.29) is 5.56 Å². The Hall–Kier alpha value is -1.82. The molecule has 1 heterocycles. The zero-order valence-electron chi connectivity index (χ0n) is 6.53. The Kier molecular flexibility index (Phi) is 2.44. The van der Waals surface area contributed by atoms with Gasteiger partial charge in [0.05, 0.1) is 11.6 Å². The molecule has 0 aliphatic rings. The van der Waals surface area contributed by atoms with Crippen molar-refractivity contribution in [1.82, 2.24) is 4.57 Å². The Labute approximate surface area is 70.2 Å². The van der Waals surface area contributed by atoms with E-state index in [2.05, 4.69) is 6.58 Å². The number of pyridine rings is 1. The zero-order valence-corrected chi connectivity index (χ0v) is 6.53. The summed E-state index contributed by atoms with van der Waals surface area (Å²) in [5, 5.41) is 8.46. The van der Waals surface area contributed by atoms with Crippen molar-refractivity contribution in [3.63, 3.8) is 0 Å². The van der Waals surface area contributed by atoms with E-state index < -0.39 is 0 Å². The van der Waals surface area contributed by atoms with E-state index in [9.17, 15) is 4.79 Å². The van der Waals surface area contributed by atoms with Gasteiger partial charge >= 0.3 is 0 Å². The molecule has 0 radical (unpaired) electrons. The molecule has 60 valence electrons. The lowest BCUT2D eigenvalue weighted by atomic mass is 10.3. The first-order valence-electron chi connectivity index (χ1n) is 3.49. The fraction of sp³-hybridized carbons (Fsp3) is 0.111. The van der Waals surface area contributed by atoms with Crippen LogP contribution in [0.15, 0.2) is 35.8 Å².